The van der Waals surface area contributed by atoms with E-state index in [2.05, 4.69) is 22.5 Å². The second-order valence-corrected chi connectivity index (χ2v) is 6.20. The number of fused-ring (bicyclic) bond motifs is 1. The van der Waals surface area contributed by atoms with Crippen molar-refractivity contribution in [2.75, 3.05) is 22.1 Å². The molecule has 130 valence electrons. The van der Waals surface area contributed by atoms with Gasteiger partial charge in [0.2, 0.25) is 0 Å². The van der Waals surface area contributed by atoms with E-state index in [1.54, 1.807) is 12.4 Å². The summed E-state index contributed by atoms with van der Waals surface area (Å²) in [7, 11) is 0. The molecule has 26 heavy (non-hydrogen) atoms. The fourth-order valence-corrected chi connectivity index (χ4v) is 3.20. The summed E-state index contributed by atoms with van der Waals surface area (Å²) in [5, 5.41) is 6.64. The Hall–Kier alpha value is -3.34. The summed E-state index contributed by atoms with van der Waals surface area (Å²) in [6.45, 7) is 3.48. The van der Waals surface area contributed by atoms with Crippen molar-refractivity contribution in [2.45, 2.75) is 13.5 Å². The molecule has 5 nitrogen and oxygen atoms in total. The summed E-state index contributed by atoms with van der Waals surface area (Å²) in [6, 6.07) is 17.7. The molecule has 1 aliphatic rings. The third-order valence-corrected chi connectivity index (χ3v) is 4.42. The first-order valence-electron chi connectivity index (χ1n) is 8.70. The van der Waals surface area contributed by atoms with Crippen molar-refractivity contribution in [3.8, 4) is 0 Å². The highest BCUT2D eigenvalue weighted by Crippen LogP contribution is 2.32. The molecule has 0 bridgehead atoms. The summed E-state index contributed by atoms with van der Waals surface area (Å²) < 4.78 is 0. The number of benzene rings is 2. The van der Waals surface area contributed by atoms with Crippen molar-refractivity contribution in [3.63, 3.8) is 0 Å². The Kier molecular flexibility index (Phi) is 4.27. The van der Waals surface area contributed by atoms with Gasteiger partial charge in [0.25, 0.3) is 5.91 Å². The van der Waals surface area contributed by atoms with Crippen molar-refractivity contribution in [1.82, 2.24) is 4.98 Å². The fraction of sp³-hybridized carbons (Fsp3) is 0.143. The van der Waals surface area contributed by atoms with Gasteiger partial charge in [-0.05, 0) is 61.0 Å². The van der Waals surface area contributed by atoms with E-state index in [1.165, 1.54) is 0 Å². The van der Waals surface area contributed by atoms with Crippen LogP contribution in [0, 0.1) is 0 Å². The molecule has 2 heterocycles. The predicted octanol–water partition coefficient (Wildman–Crippen LogP) is 4.42. The van der Waals surface area contributed by atoms with Crippen molar-refractivity contribution in [2.24, 2.45) is 0 Å². The van der Waals surface area contributed by atoms with Crippen LogP contribution in [0.25, 0.3) is 0 Å². The standard InChI is InChI=1S/C21H20N4O/c1-2-23-17-4-3-5-19(13-17)25-14-15-12-18(6-7-20(15)21(25)26)24-16-8-10-22-11-9-16/h3-13,23H,2,14H2,1H3,(H,22,24). The Bertz CT molecular complexity index is 940. The number of aromatic nitrogens is 1. The molecule has 4 rings (SSSR count). The maximum Gasteiger partial charge on any atom is 0.258 e. The summed E-state index contributed by atoms with van der Waals surface area (Å²) >= 11 is 0. The molecule has 2 N–H and O–H groups in total. The zero-order chi connectivity index (χ0) is 17.9. The van der Waals surface area contributed by atoms with Crippen molar-refractivity contribution >= 4 is 28.7 Å². The van der Waals surface area contributed by atoms with Gasteiger partial charge in [-0.15, -0.1) is 0 Å². The lowest BCUT2D eigenvalue weighted by molar-refractivity contribution is 0.0996. The number of rotatable bonds is 5. The number of carbonyl (C=O) groups excluding carboxylic acids is 1. The molecule has 3 aromatic rings. The highest BCUT2D eigenvalue weighted by Gasteiger charge is 2.28. The Labute approximate surface area is 152 Å². The van der Waals surface area contributed by atoms with Crippen LogP contribution in [0.5, 0.6) is 0 Å². The highest BCUT2D eigenvalue weighted by atomic mass is 16.2. The van der Waals surface area contributed by atoms with Gasteiger partial charge in [0.1, 0.15) is 0 Å². The van der Waals surface area contributed by atoms with E-state index in [1.807, 2.05) is 59.5 Å². The third kappa shape index (κ3) is 3.11. The second-order valence-electron chi connectivity index (χ2n) is 6.20. The van der Waals surface area contributed by atoms with Crippen LogP contribution in [0.4, 0.5) is 22.7 Å². The molecule has 0 saturated heterocycles. The van der Waals surface area contributed by atoms with Gasteiger partial charge in [0.15, 0.2) is 0 Å². The number of amides is 1. The zero-order valence-electron chi connectivity index (χ0n) is 14.6. The number of carbonyl (C=O) groups is 1. The van der Waals surface area contributed by atoms with E-state index in [9.17, 15) is 4.79 Å². The molecule has 1 amide bonds. The first kappa shape index (κ1) is 16.1. The van der Waals surface area contributed by atoms with E-state index in [4.69, 9.17) is 0 Å². The number of hydrogen-bond acceptors (Lipinski definition) is 4. The summed E-state index contributed by atoms with van der Waals surface area (Å²) in [5.41, 5.74) is 5.66. The molecule has 1 aliphatic heterocycles. The van der Waals surface area contributed by atoms with Crippen molar-refractivity contribution in [1.29, 1.82) is 0 Å². The first-order chi connectivity index (χ1) is 12.7. The number of pyridine rings is 1. The van der Waals surface area contributed by atoms with Crippen LogP contribution >= 0.6 is 0 Å². The predicted molar refractivity (Wildman–Crippen MR) is 105 cm³/mol. The van der Waals surface area contributed by atoms with Gasteiger partial charge in [0, 0.05) is 47.3 Å². The van der Waals surface area contributed by atoms with Gasteiger partial charge in [0.05, 0.1) is 6.54 Å². The Morgan fingerprint density at radius 2 is 1.85 bits per heavy atom. The molecule has 0 fully saturated rings. The smallest absolute Gasteiger partial charge is 0.258 e. The topological polar surface area (TPSA) is 57.3 Å². The Morgan fingerprint density at radius 3 is 2.65 bits per heavy atom. The normalized spacial score (nSPS) is 12.8. The van der Waals surface area contributed by atoms with Gasteiger partial charge in [-0.2, -0.15) is 0 Å². The fourth-order valence-electron chi connectivity index (χ4n) is 3.20. The van der Waals surface area contributed by atoms with Crippen LogP contribution in [0.15, 0.2) is 67.0 Å². The SMILES string of the molecule is CCNc1cccc(N2Cc3cc(Nc4ccncc4)ccc3C2=O)c1. The molecule has 0 spiro atoms. The molecule has 0 saturated carbocycles. The quantitative estimate of drug-likeness (QED) is 0.719. The summed E-state index contributed by atoms with van der Waals surface area (Å²) in [4.78, 5) is 18.7. The lowest BCUT2D eigenvalue weighted by Crippen LogP contribution is -2.23. The first-order valence-corrected chi connectivity index (χ1v) is 8.70. The van der Waals surface area contributed by atoms with Gasteiger partial charge in [-0.1, -0.05) is 6.07 Å². The second kappa shape index (κ2) is 6.88. The molecule has 0 aliphatic carbocycles. The molecule has 1 aromatic heterocycles. The Balaban J connectivity index is 1.58. The molecular formula is C21H20N4O. The Morgan fingerprint density at radius 1 is 1.00 bits per heavy atom. The molecule has 2 aromatic carbocycles. The van der Waals surface area contributed by atoms with Crippen molar-refractivity contribution < 1.29 is 4.79 Å². The molecule has 0 radical (unpaired) electrons. The van der Waals surface area contributed by atoms with Crippen LogP contribution in [0.2, 0.25) is 0 Å². The molecule has 0 atom stereocenters. The van der Waals surface area contributed by atoms with Gasteiger partial charge < -0.3 is 15.5 Å². The minimum Gasteiger partial charge on any atom is -0.385 e. The van der Waals surface area contributed by atoms with E-state index in [0.29, 0.717) is 6.54 Å². The minimum atomic E-state index is 0.0455. The summed E-state index contributed by atoms with van der Waals surface area (Å²) in [5.74, 6) is 0.0455. The lowest BCUT2D eigenvalue weighted by Gasteiger charge is -2.17. The number of hydrogen-bond donors (Lipinski definition) is 2. The van der Waals surface area contributed by atoms with Gasteiger partial charge in [-0.3, -0.25) is 9.78 Å². The van der Waals surface area contributed by atoms with Crippen molar-refractivity contribution in [3.05, 3.63) is 78.1 Å². The van der Waals surface area contributed by atoms with Crippen LogP contribution in [-0.4, -0.2) is 17.4 Å². The van der Waals surface area contributed by atoms with Crippen LogP contribution in [-0.2, 0) is 6.54 Å². The molecular weight excluding hydrogens is 324 g/mol. The highest BCUT2D eigenvalue weighted by molar-refractivity contribution is 6.10. The maximum absolute atomic E-state index is 12.8. The monoisotopic (exact) mass is 344 g/mol. The van der Waals surface area contributed by atoms with E-state index >= 15 is 0 Å². The number of nitrogens with zero attached hydrogens (tertiary/aromatic N) is 2. The maximum atomic E-state index is 12.8. The van der Waals surface area contributed by atoms with Gasteiger partial charge in [-0.25, -0.2) is 0 Å². The van der Waals surface area contributed by atoms with Crippen LogP contribution < -0.4 is 15.5 Å². The number of anilines is 4. The molecule has 5 heteroatoms. The molecule has 0 unspecified atom stereocenters. The number of nitrogens with one attached hydrogen (secondary N) is 2. The minimum absolute atomic E-state index is 0.0455. The van der Waals surface area contributed by atoms with E-state index in [0.717, 1.165) is 40.4 Å². The largest absolute Gasteiger partial charge is 0.385 e. The van der Waals surface area contributed by atoms with E-state index in [-0.39, 0.29) is 5.91 Å². The average Bonchev–Trinajstić information content (AvgIpc) is 2.99. The zero-order valence-corrected chi connectivity index (χ0v) is 14.6. The van der Waals surface area contributed by atoms with E-state index < -0.39 is 0 Å². The van der Waals surface area contributed by atoms with Crippen LogP contribution in [0.3, 0.4) is 0 Å². The van der Waals surface area contributed by atoms with Gasteiger partial charge >= 0.3 is 0 Å². The summed E-state index contributed by atoms with van der Waals surface area (Å²) in [6.07, 6.45) is 3.50. The lowest BCUT2D eigenvalue weighted by atomic mass is 10.1. The average molecular weight is 344 g/mol. The van der Waals surface area contributed by atoms with Crippen LogP contribution in [0.1, 0.15) is 22.8 Å². The third-order valence-electron chi connectivity index (χ3n) is 4.42.